The van der Waals surface area contributed by atoms with E-state index in [0.29, 0.717) is 12.1 Å². The van der Waals surface area contributed by atoms with Crippen LogP contribution in [-0.4, -0.2) is 55.2 Å². The Kier molecular flexibility index (Phi) is 8.49. The van der Waals surface area contributed by atoms with E-state index in [0.717, 1.165) is 71.1 Å². The Labute approximate surface area is 238 Å². The molecule has 2 aromatic heterocycles. The van der Waals surface area contributed by atoms with Gasteiger partial charge in [-0.25, -0.2) is 17.7 Å². The molecule has 0 atom stereocenters. The van der Waals surface area contributed by atoms with E-state index in [1.54, 1.807) is 41.9 Å². The number of carbonyl (C=O) groups is 1. The number of unbranched alkanes of at least 4 members (excludes halogenated alkanes) is 1. The minimum atomic E-state index is -3.59. The Bertz CT molecular complexity index is 1540. The van der Waals surface area contributed by atoms with E-state index in [2.05, 4.69) is 23.2 Å². The Balaban J connectivity index is 1.44. The van der Waals surface area contributed by atoms with Crippen LogP contribution in [0, 0.1) is 0 Å². The van der Waals surface area contributed by atoms with Crippen molar-refractivity contribution in [3.63, 3.8) is 0 Å². The molecule has 2 aromatic carbocycles. The number of hydrogen-bond donors (Lipinski definition) is 1. The van der Waals surface area contributed by atoms with Gasteiger partial charge in [-0.2, -0.15) is 0 Å². The van der Waals surface area contributed by atoms with Crippen LogP contribution in [0.1, 0.15) is 53.9 Å². The summed E-state index contributed by atoms with van der Waals surface area (Å²) < 4.78 is 28.3. The van der Waals surface area contributed by atoms with Crippen LogP contribution in [0.4, 0.5) is 5.00 Å². The average Bonchev–Trinajstić information content (AvgIpc) is 3.52. The van der Waals surface area contributed by atoms with Crippen molar-refractivity contribution < 1.29 is 13.2 Å². The molecule has 1 aliphatic heterocycles. The lowest BCUT2D eigenvalue weighted by Crippen LogP contribution is -2.30. The molecule has 3 heterocycles. The van der Waals surface area contributed by atoms with Gasteiger partial charge in [0.05, 0.1) is 15.1 Å². The van der Waals surface area contributed by atoms with Gasteiger partial charge >= 0.3 is 0 Å². The molecule has 1 N–H and O–H groups in total. The van der Waals surface area contributed by atoms with Gasteiger partial charge in [0, 0.05) is 42.7 Å². The first-order valence-electron chi connectivity index (χ1n) is 13.4. The molecule has 0 aliphatic carbocycles. The summed E-state index contributed by atoms with van der Waals surface area (Å²) in [5, 5.41) is 4.88. The molecule has 10 heteroatoms. The highest BCUT2D eigenvalue weighted by Crippen LogP contribution is 2.45. The number of rotatable bonds is 10. The first-order valence-corrected chi connectivity index (χ1v) is 16.5. The molecule has 0 spiro atoms. The minimum Gasteiger partial charge on any atom is -0.313 e. The summed E-state index contributed by atoms with van der Waals surface area (Å²) in [5.41, 5.74) is 3.67. The van der Waals surface area contributed by atoms with Crippen LogP contribution in [-0.2, 0) is 23.0 Å². The van der Waals surface area contributed by atoms with Crippen LogP contribution in [0.15, 0.2) is 53.4 Å². The van der Waals surface area contributed by atoms with Gasteiger partial charge in [0.15, 0.2) is 0 Å². The molecule has 1 amide bonds. The quantitative estimate of drug-likeness (QED) is 0.232. The van der Waals surface area contributed by atoms with Crippen molar-refractivity contribution in [1.29, 1.82) is 0 Å². The molecule has 0 unspecified atom stereocenters. The Morgan fingerprint density at radius 1 is 1.08 bits per heavy atom. The highest BCUT2D eigenvalue weighted by molar-refractivity contribution is 7.89. The lowest BCUT2D eigenvalue weighted by atomic mass is 10.0. The molecule has 39 heavy (non-hydrogen) atoms. The zero-order chi connectivity index (χ0) is 27.6. The van der Waals surface area contributed by atoms with Crippen molar-refractivity contribution >= 4 is 53.8 Å². The number of aromatic nitrogens is 1. The average molecular weight is 583 g/mol. The van der Waals surface area contributed by atoms with Crippen LogP contribution in [0.25, 0.3) is 20.8 Å². The van der Waals surface area contributed by atoms with E-state index in [1.165, 1.54) is 26.9 Å². The van der Waals surface area contributed by atoms with Crippen molar-refractivity contribution in [3.05, 3.63) is 64.5 Å². The third kappa shape index (κ3) is 5.81. The highest BCUT2D eigenvalue weighted by Gasteiger charge is 2.28. The first kappa shape index (κ1) is 27.9. The zero-order valence-corrected chi connectivity index (χ0v) is 25.0. The predicted molar refractivity (Wildman–Crippen MR) is 161 cm³/mol. The second-order valence-electron chi connectivity index (χ2n) is 9.88. The molecule has 5 rings (SSSR count). The fourth-order valence-corrected chi connectivity index (χ4v) is 8.50. The Hall–Kier alpha value is -2.63. The number of amides is 1. The molecule has 7 nitrogen and oxygen atoms in total. The molecule has 1 aliphatic rings. The van der Waals surface area contributed by atoms with Gasteiger partial charge in [0.2, 0.25) is 10.0 Å². The number of nitrogens with zero attached hydrogens (tertiary/aromatic N) is 3. The molecular weight excluding hydrogens is 549 g/mol. The number of sulfonamides is 1. The third-order valence-electron chi connectivity index (χ3n) is 7.06. The maximum Gasteiger partial charge on any atom is 0.256 e. The first-order chi connectivity index (χ1) is 18.8. The van der Waals surface area contributed by atoms with Gasteiger partial charge in [-0.1, -0.05) is 32.4 Å². The Morgan fingerprint density at radius 3 is 2.56 bits per heavy atom. The van der Waals surface area contributed by atoms with Crippen molar-refractivity contribution in [3.8, 4) is 10.6 Å². The molecule has 0 saturated heterocycles. The van der Waals surface area contributed by atoms with Crippen molar-refractivity contribution in [1.82, 2.24) is 14.2 Å². The smallest absolute Gasteiger partial charge is 0.256 e. The third-order valence-corrected chi connectivity index (χ3v) is 11.1. The number of para-hydroxylation sites is 1. The molecular formula is C29H34N4O3S3. The lowest BCUT2D eigenvalue weighted by molar-refractivity contribution is 0.102. The minimum absolute atomic E-state index is 0.190. The van der Waals surface area contributed by atoms with E-state index < -0.39 is 10.0 Å². The van der Waals surface area contributed by atoms with E-state index in [-0.39, 0.29) is 10.8 Å². The number of carbonyl (C=O) groups excluding carboxylic acids is 1. The number of hydrogen-bond acceptors (Lipinski definition) is 7. The van der Waals surface area contributed by atoms with Gasteiger partial charge in [-0.05, 0) is 67.8 Å². The zero-order valence-electron chi connectivity index (χ0n) is 22.6. The van der Waals surface area contributed by atoms with Crippen LogP contribution < -0.4 is 5.32 Å². The SMILES string of the molecule is CCCCN(C)S(=O)(=O)c1ccc(C(=O)Nc2sc3c(c2-c2nc4ccccc4s2)CCN(CCC)C3)cc1. The van der Waals surface area contributed by atoms with Crippen LogP contribution in [0.2, 0.25) is 0 Å². The van der Waals surface area contributed by atoms with Gasteiger partial charge in [0.25, 0.3) is 5.91 Å². The lowest BCUT2D eigenvalue weighted by Gasteiger charge is -2.26. The van der Waals surface area contributed by atoms with Crippen molar-refractivity contribution in [2.75, 3.05) is 32.0 Å². The molecule has 0 bridgehead atoms. The number of nitrogens with one attached hydrogen (secondary N) is 1. The predicted octanol–water partition coefficient (Wildman–Crippen LogP) is 6.47. The number of thiazole rings is 1. The topological polar surface area (TPSA) is 82.6 Å². The van der Waals surface area contributed by atoms with Crippen molar-refractivity contribution in [2.24, 2.45) is 0 Å². The normalized spacial score (nSPS) is 14.2. The number of thiophene rings is 1. The molecule has 0 saturated carbocycles. The van der Waals surface area contributed by atoms with E-state index >= 15 is 0 Å². The summed E-state index contributed by atoms with van der Waals surface area (Å²) in [5.74, 6) is -0.260. The second-order valence-corrected chi connectivity index (χ2v) is 14.1. The summed E-state index contributed by atoms with van der Waals surface area (Å²) in [6, 6.07) is 14.3. The van der Waals surface area contributed by atoms with Gasteiger partial charge in [0.1, 0.15) is 10.0 Å². The summed E-state index contributed by atoms with van der Waals surface area (Å²) in [7, 11) is -2.00. The summed E-state index contributed by atoms with van der Waals surface area (Å²) >= 11 is 3.28. The fourth-order valence-electron chi connectivity index (χ4n) is 4.89. The van der Waals surface area contributed by atoms with Gasteiger partial charge < -0.3 is 5.32 Å². The van der Waals surface area contributed by atoms with E-state index in [9.17, 15) is 13.2 Å². The largest absolute Gasteiger partial charge is 0.313 e. The second kappa shape index (κ2) is 11.9. The summed E-state index contributed by atoms with van der Waals surface area (Å²) in [6.07, 6.45) is 3.75. The molecule has 0 fully saturated rings. The van der Waals surface area contributed by atoms with Crippen LogP contribution >= 0.6 is 22.7 Å². The Morgan fingerprint density at radius 2 is 1.85 bits per heavy atom. The van der Waals surface area contributed by atoms with Crippen LogP contribution in [0.5, 0.6) is 0 Å². The number of anilines is 1. The van der Waals surface area contributed by atoms with Crippen LogP contribution in [0.3, 0.4) is 0 Å². The monoisotopic (exact) mass is 582 g/mol. The van der Waals surface area contributed by atoms with E-state index in [4.69, 9.17) is 4.98 Å². The number of benzene rings is 2. The van der Waals surface area contributed by atoms with Gasteiger partial charge in [-0.3, -0.25) is 9.69 Å². The standard InChI is InChI=1S/C29H34N4O3S3/c1-4-6-17-32(3)39(35,36)21-13-11-20(12-14-21)27(34)31-29-26(28-30-23-9-7-8-10-24(23)37-28)22-15-18-33(16-5-2)19-25(22)38-29/h7-14H,4-6,15-19H2,1-3H3,(H,31,34). The van der Waals surface area contributed by atoms with E-state index in [1.807, 2.05) is 25.1 Å². The molecule has 0 radical (unpaired) electrons. The highest BCUT2D eigenvalue weighted by atomic mass is 32.2. The molecule has 4 aromatic rings. The molecule has 206 valence electrons. The maximum absolute atomic E-state index is 13.4. The maximum atomic E-state index is 13.4. The van der Waals surface area contributed by atoms with Crippen molar-refractivity contribution in [2.45, 2.75) is 51.0 Å². The fraction of sp³-hybridized carbons (Fsp3) is 0.379. The number of fused-ring (bicyclic) bond motifs is 2. The summed E-state index contributed by atoms with van der Waals surface area (Å²) in [6.45, 7) is 7.61. The summed E-state index contributed by atoms with van der Waals surface area (Å²) in [4.78, 5) is 22.2. The van der Waals surface area contributed by atoms with Gasteiger partial charge in [-0.15, -0.1) is 22.7 Å².